The van der Waals surface area contributed by atoms with Gasteiger partial charge in [-0.15, -0.1) is 0 Å². The Balaban J connectivity index is 1.87. The van der Waals surface area contributed by atoms with Gasteiger partial charge in [0, 0.05) is 17.5 Å². The Bertz CT molecular complexity index is 1190. The SMILES string of the molecule is Cc1cc(=O)oc2cc(Oc3ncnc4ccc(F)cc34)c(Cl)cc12. The molecule has 0 aliphatic rings. The maximum Gasteiger partial charge on any atom is 0.336 e. The van der Waals surface area contributed by atoms with Crippen molar-refractivity contribution in [3.05, 3.63) is 69.5 Å². The van der Waals surface area contributed by atoms with Crippen LogP contribution in [-0.4, -0.2) is 9.97 Å². The average molecular weight is 357 g/mol. The van der Waals surface area contributed by atoms with Crippen molar-refractivity contribution in [2.75, 3.05) is 0 Å². The average Bonchev–Trinajstić information content (AvgIpc) is 2.57. The summed E-state index contributed by atoms with van der Waals surface area (Å²) in [5.74, 6) is -0.0358. The van der Waals surface area contributed by atoms with Gasteiger partial charge in [-0.05, 0) is 36.8 Å². The summed E-state index contributed by atoms with van der Waals surface area (Å²) in [7, 11) is 0. The second-order valence-electron chi connectivity index (χ2n) is 5.47. The normalized spacial score (nSPS) is 11.2. The Morgan fingerprint density at radius 3 is 2.80 bits per heavy atom. The maximum atomic E-state index is 13.5. The van der Waals surface area contributed by atoms with Gasteiger partial charge in [-0.1, -0.05) is 11.6 Å². The highest BCUT2D eigenvalue weighted by Gasteiger charge is 2.13. The van der Waals surface area contributed by atoms with Crippen molar-refractivity contribution >= 4 is 33.5 Å². The highest BCUT2D eigenvalue weighted by atomic mass is 35.5. The molecule has 4 rings (SSSR count). The molecule has 0 amide bonds. The molecule has 0 N–H and O–H groups in total. The Morgan fingerprint density at radius 1 is 1.12 bits per heavy atom. The molecule has 0 spiro atoms. The van der Waals surface area contributed by atoms with E-state index in [1.54, 1.807) is 13.0 Å². The van der Waals surface area contributed by atoms with E-state index in [0.717, 1.165) is 5.56 Å². The number of nitrogens with zero attached hydrogens (tertiary/aromatic N) is 2. The highest BCUT2D eigenvalue weighted by Crippen LogP contribution is 2.35. The summed E-state index contributed by atoms with van der Waals surface area (Å²) < 4.78 is 24.5. The number of benzene rings is 2. The summed E-state index contributed by atoms with van der Waals surface area (Å²) in [4.78, 5) is 19.7. The first-order valence-electron chi connectivity index (χ1n) is 7.33. The third kappa shape index (κ3) is 2.81. The topological polar surface area (TPSA) is 65.2 Å². The van der Waals surface area contributed by atoms with Crippen molar-refractivity contribution in [1.29, 1.82) is 0 Å². The third-order valence-corrected chi connectivity index (χ3v) is 4.07. The Labute approximate surface area is 145 Å². The number of halogens is 2. The predicted octanol–water partition coefficient (Wildman–Crippen LogP) is 4.63. The van der Waals surface area contributed by atoms with E-state index in [-0.39, 0.29) is 11.6 Å². The first-order valence-corrected chi connectivity index (χ1v) is 7.71. The largest absolute Gasteiger partial charge is 0.437 e. The van der Waals surface area contributed by atoms with Gasteiger partial charge in [0.1, 0.15) is 17.7 Å². The number of hydrogen-bond donors (Lipinski definition) is 0. The van der Waals surface area contributed by atoms with E-state index in [0.29, 0.717) is 26.9 Å². The van der Waals surface area contributed by atoms with Crippen LogP contribution in [0.25, 0.3) is 21.9 Å². The molecular formula is C18H10ClFN2O3. The molecule has 0 aliphatic carbocycles. The number of rotatable bonds is 2. The van der Waals surface area contributed by atoms with Crippen molar-refractivity contribution < 1.29 is 13.5 Å². The molecule has 5 nitrogen and oxygen atoms in total. The van der Waals surface area contributed by atoms with Crippen LogP contribution < -0.4 is 10.4 Å². The zero-order valence-electron chi connectivity index (χ0n) is 12.9. The fraction of sp³-hybridized carbons (Fsp3) is 0.0556. The fourth-order valence-electron chi connectivity index (χ4n) is 2.59. The molecule has 0 saturated heterocycles. The second kappa shape index (κ2) is 5.82. The number of fused-ring (bicyclic) bond motifs is 2. The molecule has 0 atom stereocenters. The molecule has 4 aromatic rings. The fourth-order valence-corrected chi connectivity index (χ4v) is 2.79. The molecule has 0 aliphatic heterocycles. The summed E-state index contributed by atoms with van der Waals surface area (Å²) in [5, 5.41) is 1.42. The summed E-state index contributed by atoms with van der Waals surface area (Å²) in [6.45, 7) is 1.79. The quantitative estimate of drug-likeness (QED) is 0.490. The third-order valence-electron chi connectivity index (χ3n) is 3.77. The van der Waals surface area contributed by atoms with Crippen LogP contribution >= 0.6 is 11.6 Å². The van der Waals surface area contributed by atoms with Crippen LogP contribution in [0.1, 0.15) is 5.56 Å². The van der Waals surface area contributed by atoms with Gasteiger partial charge in [-0.25, -0.2) is 19.2 Å². The number of aromatic nitrogens is 2. The van der Waals surface area contributed by atoms with Gasteiger partial charge in [-0.2, -0.15) is 0 Å². The molecule has 2 heterocycles. The van der Waals surface area contributed by atoms with Gasteiger partial charge < -0.3 is 9.15 Å². The van der Waals surface area contributed by atoms with E-state index in [1.165, 1.54) is 36.7 Å². The van der Waals surface area contributed by atoms with Gasteiger partial charge in [0.2, 0.25) is 5.88 Å². The lowest BCUT2D eigenvalue weighted by molar-refractivity contribution is 0.466. The summed E-state index contributed by atoms with van der Waals surface area (Å²) in [5.41, 5.74) is 1.15. The molecule has 0 unspecified atom stereocenters. The molecule has 7 heteroatoms. The van der Waals surface area contributed by atoms with Gasteiger partial charge >= 0.3 is 5.63 Å². The van der Waals surface area contributed by atoms with Crippen LogP contribution in [0.4, 0.5) is 4.39 Å². The van der Waals surface area contributed by atoms with E-state index in [1.807, 2.05) is 0 Å². The summed E-state index contributed by atoms with van der Waals surface area (Å²) in [6, 6.07) is 8.67. The van der Waals surface area contributed by atoms with E-state index >= 15 is 0 Å². The van der Waals surface area contributed by atoms with E-state index in [9.17, 15) is 9.18 Å². The van der Waals surface area contributed by atoms with Crippen LogP contribution in [0.15, 0.2) is 51.9 Å². The molecule has 2 aromatic carbocycles. The molecule has 124 valence electrons. The van der Waals surface area contributed by atoms with Gasteiger partial charge in [-0.3, -0.25) is 0 Å². The zero-order valence-corrected chi connectivity index (χ0v) is 13.7. The number of aryl methyl sites for hydroxylation is 1. The minimum absolute atomic E-state index is 0.153. The van der Waals surface area contributed by atoms with E-state index < -0.39 is 11.4 Å². The van der Waals surface area contributed by atoms with Crippen LogP contribution in [-0.2, 0) is 0 Å². The van der Waals surface area contributed by atoms with E-state index in [4.69, 9.17) is 20.8 Å². The van der Waals surface area contributed by atoms with Gasteiger partial charge in [0.05, 0.1) is 15.9 Å². The minimum atomic E-state index is -0.465. The summed E-state index contributed by atoms with van der Waals surface area (Å²) in [6.07, 6.45) is 1.31. The highest BCUT2D eigenvalue weighted by molar-refractivity contribution is 6.32. The zero-order chi connectivity index (χ0) is 17.6. The smallest absolute Gasteiger partial charge is 0.336 e. The second-order valence-corrected chi connectivity index (χ2v) is 5.88. The monoisotopic (exact) mass is 356 g/mol. The minimum Gasteiger partial charge on any atom is -0.437 e. The van der Waals surface area contributed by atoms with Crippen LogP contribution in [0.3, 0.4) is 0 Å². The van der Waals surface area contributed by atoms with E-state index in [2.05, 4.69) is 9.97 Å². The number of hydrogen-bond acceptors (Lipinski definition) is 5. The molecule has 0 radical (unpaired) electrons. The molecule has 25 heavy (non-hydrogen) atoms. The lowest BCUT2D eigenvalue weighted by atomic mass is 10.1. The molecule has 0 fully saturated rings. The van der Waals surface area contributed by atoms with Crippen molar-refractivity contribution in [3.63, 3.8) is 0 Å². The van der Waals surface area contributed by atoms with Crippen LogP contribution in [0, 0.1) is 12.7 Å². The Morgan fingerprint density at radius 2 is 1.96 bits per heavy atom. The Kier molecular flexibility index (Phi) is 3.62. The Hall–Kier alpha value is -2.99. The lowest BCUT2D eigenvalue weighted by Crippen LogP contribution is -1.98. The van der Waals surface area contributed by atoms with Crippen LogP contribution in [0.5, 0.6) is 11.6 Å². The lowest BCUT2D eigenvalue weighted by Gasteiger charge is -2.10. The maximum absolute atomic E-state index is 13.5. The van der Waals surface area contributed by atoms with Crippen molar-refractivity contribution in [1.82, 2.24) is 9.97 Å². The van der Waals surface area contributed by atoms with Crippen molar-refractivity contribution in [2.45, 2.75) is 6.92 Å². The van der Waals surface area contributed by atoms with Crippen LogP contribution in [0.2, 0.25) is 5.02 Å². The molecule has 0 saturated carbocycles. The first kappa shape index (κ1) is 15.5. The van der Waals surface area contributed by atoms with Crippen molar-refractivity contribution in [3.8, 4) is 11.6 Å². The molecule has 0 bridgehead atoms. The number of ether oxygens (including phenoxy) is 1. The van der Waals surface area contributed by atoms with Gasteiger partial charge in [0.15, 0.2) is 5.75 Å². The molecule has 2 aromatic heterocycles. The summed E-state index contributed by atoms with van der Waals surface area (Å²) >= 11 is 6.29. The first-order chi connectivity index (χ1) is 12.0. The van der Waals surface area contributed by atoms with Crippen molar-refractivity contribution in [2.24, 2.45) is 0 Å². The van der Waals surface area contributed by atoms with Gasteiger partial charge in [0.25, 0.3) is 0 Å². The predicted molar refractivity (Wildman–Crippen MR) is 91.8 cm³/mol. The standard InChI is InChI=1S/C18H10ClFN2O3/c1-9-4-17(23)24-15-7-16(13(19)6-11(9)15)25-18-12-5-10(20)2-3-14(12)21-8-22-18/h2-8H,1H3. The molecular weight excluding hydrogens is 347 g/mol.